The van der Waals surface area contributed by atoms with Gasteiger partial charge in [0.25, 0.3) is 0 Å². The minimum absolute atomic E-state index is 0.580. The molecule has 0 aliphatic heterocycles. The van der Waals surface area contributed by atoms with Gasteiger partial charge in [-0.2, -0.15) is 0 Å². The first-order chi connectivity index (χ1) is 6.27. The van der Waals surface area contributed by atoms with E-state index in [1.807, 2.05) is 37.3 Å². The van der Waals surface area contributed by atoms with Crippen LogP contribution >= 0.6 is 0 Å². The molecule has 68 valence electrons. The molecule has 0 unspecified atom stereocenters. The smallest absolute Gasteiger partial charge is 0.0178 e. The summed E-state index contributed by atoms with van der Waals surface area (Å²) in [7, 11) is 0. The fraction of sp³-hybridized carbons (Fsp3) is 0.167. The molecule has 1 nitrogen and oxygen atoms in total. The van der Waals surface area contributed by atoms with Gasteiger partial charge in [0.15, 0.2) is 0 Å². The van der Waals surface area contributed by atoms with Crippen LogP contribution in [0.25, 0.3) is 5.57 Å². The number of benzene rings is 1. The molecule has 0 saturated heterocycles. The van der Waals surface area contributed by atoms with Crippen molar-refractivity contribution in [1.29, 1.82) is 0 Å². The number of hydrogen-bond acceptors (Lipinski definition) is 1. The average Bonchev–Trinajstić information content (AvgIpc) is 2.18. The van der Waals surface area contributed by atoms with Crippen molar-refractivity contribution in [3.63, 3.8) is 0 Å². The number of hydrogen-bond donors (Lipinski definition) is 1. The van der Waals surface area contributed by atoms with Gasteiger partial charge in [-0.1, -0.05) is 36.9 Å². The number of allylic oxidation sites excluding steroid dienone is 3. The molecule has 0 atom stereocenters. The summed E-state index contributed by atoms with van der Waals surface area (Å²) in [5.41, 5.74) is 8.85. The quantitative estimate of drug-likeness (QED) is 0.699. The van der Waals surface area contributed by atoms with Crippen molar-refractivity contribution in [3.8, 4) is 0 Å². The van der Waals surface area contributed by atoms with Gasteiger partial charge in [-0.3, -0.25) is 0 Å². The Balaban J connectivity index is 2.94. The van der Waals surface area contributed by atoms with Crippen molar-refractivity contribution in [3.05, 3.63) is 54.1 Å². The average molecular weight is 173 g/mol. The maximum Gasteiger partial charge on any atom is 0.0178 e. The predicted octanol–water partition coefficient (Wildman–Crippen LogP) is 2.73. The van der Waals surface area contributed by atoms with Crippen molar-refractivity contribution in [2.24, 2.45) is 5.73 Å². The third-order valence-electron chi connectivity index (χ3n) is 1.90. The molecule has 0 saturated carbocycles. The molecule has 0 spiro atoms. The van der Waals surface area contributed by atoms with E-state index in [-0.39, 0.29) is 0 Å². The Labute approximate surface area is 79.6 Å². The molecule has 0 radical (unpaired) electrons. The van der Waals surface area contributed by atoms with Crippen molar-refractivity contribution >= 4 is 5.57 Å². The molecule has 1 heteroatoms. The number of nitrogens with two attached hydrogens (primary N) is 1. The van der Waals surface area contributed by atoms with Gasteiger partial charge < -0.3 is 5.73 Å². The topological polar surface area (TPSA) is 26.0 Å². The van der Waals surface area contributed by atoms with E-state index in [1.165, 1.54) is 0 Å². The van der Waals surface area contributed by atoms with Crippen molar-refractivity contribution < 1.29 is 0 Å². The monoisotopic (exact) mass is 173 g/mol. The fourth-order valence-corrected chi connectivity index (χ4v) is 1.20. The lowest BCUT2D eigenvalue weighted by Crippen LogP contribution is -1.96. The van der Waals surface area contributed by atoms with Gasteiger partial charge in [-0.15, -0.1) is 0 Å². The Kier molecular flexibility index (Phi) is 3.47. The van der Waals surface area contributed by atoms with Crippen LogP contribution < -0.4 is 5.73 Å². The van der Waals surface area contributed by atoms with Gasteiger partial charge >= 0.3 is 0 Å². The third-order valence-corrected chi connectivity index (χ3v) is 1.90. The molecule has 2 N–H and O–H groups in total. The Morgan fingerprint density at radius 3 is 2.92 bits per heavy atom. The second kappa shape index (κ2) is 4.63. The Morgan fingerprint density at radius 2 is 2.31 bits per heavy atom. The van der Waals surface area contributed by atoms with E-state index in [1.54, 1.807) is 0 Å². The summed E-state index contributed by atoms with van der Waals surface area (Å²) >= 11 is 0. The van der Waals surface area contributed by atoms with E-state index in [0.717, 1.165) is 16.7 Å². The summed E-state index contributed by atoms with van der Waals surface area (Å²) < 4.78 is 0. The molecule has 0 aliphatic rings. The van der Waals surface area contributed by atoms with Crippen LogP contribution in [0, 0.1) is 0 Å². The molecule has 1 aromatic rings. The molecule has 1 aromatic carbocycles. The lowest BCUT2D eigenvalue weighted by atomic mass is 10.0. The standard InChI is InChI=1S/C12H15N/c1-3-5-10(2)12-7-4-6-11(8-12)9-13/h3-8H,2,9,13H2,1H3. The van der Waals surface area contributed by atoms with E-state index in [2.05, 4.69) is 12.6 Å². The zero-order valence-electron chi connectivity index (χ0n) is 7.96. The minimum Gasteiger partial charge on any atom is -0.326 e. The highest BCUT2D eigenvalue weighted by Crippen LogP contribution is 2.14. The molecular weight excluding hydrogens is 158 g/mol. The first-order valence-electron chi connectivity index (χ1n) is 4.39. The molecule has 0 amide bonds. The molecule has 0 bridgehead atoms. The summed E-state index contributed by atoms with van der Waals surface area (Å²) in [6, 6.07) is 8.14. The highest BCUT2D eigenvalue weighted by atomic mass is 14.5. The van der Waals surface area contributed by atoms with Gasteiger partial charge in [0, 0.05) is 6.54 Å². The Morgan fingerprint density at radius 1 is 1.54 bits per heavy atom. The van der Waals surface area contributed by atoms with Gasteiger partial charge in [-0.25, -0.2) is 0 Å². The minimum atomic E-state index is 0.580. The molecule has 0 fully saturated rings. The highest BCUT2D eigenvalue weighted by Gasteiger charge is 1.95. The van der Waals surface area contributed by atoms with Crippen LogP contribution in [0.15, 0.2) is 43.0 Å². The van der Waals surface area contributed by atoms with Gasteiger partial charge in [0.2, 0.25) is 0 Å². The largest absolute Gasteiger partial charge is 0.326 e. The van der Waals surface area contributed by atoms with Gasteiger partial charge in [0.05, 0.1) is 0 Å². The summed E-state index contributed by atoms with van der Waals surface area (Å²) in [4.78, 5) is 0. The van der Waals surface area contributed by atoms with E-state index in [4.69, 9.17) is 5.73 Å². The van der Waals surface area contributed by atoms with Gasteiger partial charge in [0.1, 0.15) is 0 Å². The van der Waals surface area contributed by atoms with Gasteiger partial charge in [-0.05, 0) is 29.7 Å². The second-order valence-electron chi connectivity index (χ2n) is 2.93. The van der Waals surface area contributed by atoms with Crippen LogP contribution in [0.4, 0.5) is 0 Å². The van der Waals surface area contributed by atoms with Crippen LogP contribution in [0.1, 0.15) is 18.1 Å². The predicted molar refractivity (Wildman–Crippen MR) is 58.2 cm³/mol. The van der Waals surface area contributed by atoms with Crippen LogP contribution in [-0.2, 0) is 6.54 Å². The summed E-state index contributed by atoms with van der Waals surface area (Å²) in [5, 5.41) is 0. The molecular formula is C12H15N. The summed E-state index contributed by atoms with van der Waals surface area (Å²) in [6.45, 7) is 6.53. The Bertz CT molecular complexity index is 324. The van der Waals surface area contributed by atoms with E-state index < -0.39 is 0 Å². The van der Waals surface area contributed by atoms with Crippen molar-refractivity contribution in [2.75, 3.05) is 0 Å². The lowest BCUT2D eigenvalue weighted by molar-refractivity contribution is 1.07. The third kappa shape index (κ3) is 2.56. The molecule has 0 heterocycles. The van der Waals surface area contributed by atoms with E-state index in [9.17, 15) is 0 Å². The Hall–Kier alpha value is -1.34. The lowest BCUT2D eigenvalue weighted by Gasteiger charge is -2.02. The normalized spacial score (nSPS) is 10.6. The highest BCUT2D eigenvalue weighted by molar-refractivity contribution is 5.72. The molecule has 1 rings (SSSR count). The van der Waals surface area contributed by atoms with Crippen LogP contribution in [0.3, 0.4) is 0 Å². The molecule has 0 aliphatic carbocycles. The second-order valence-corrected chi connectivity index (χ2v) is 2.93. The zero-order valence-corrected chi connectivity index (χ0v) is 7.96. The van der Waals surface area contributed by atoms with Crippen molar-refractivity contribution in [1.82, 2.24) is 0 Å². The van der Waals surface area contributed by atoms with Crippen molar-refractivity contribution in [2.45, 2.75) is 13.5 Å². The first-order valence-corrected chi connectivity index (χ1v) is 4.39. The van der Waals surface area contributed by atoms with Crippen LogP contribution in [0.5, 0.6) is 0 Å². The zero-order chi connectivity index (χ0) is 9.68. The van der Waals surface area contributed by atoms with E-state index >= 15 is 0 Å². The number of rotatable bonds is 3. The van der Waals surface area contributed by atoms with Crippen LogP contribution in [-0.4, -0.2) is 0 Å². The van der Waals surface area contributed by atoms with E-state index in [0.29, 0.717) is 6.54 Å². The molecule has 13 heavy (non-hydrogen) atoms. The summed E-state index contributed by atoms with van der Waals surface area (Å²) in [5.74, 6) is 0. The van der Waals surface area contributed by atoms with Crippen LogP contribution in [0.2, 0.25) is 0 Å². The SMILES string of the molecule is C=C(C=CC)c1cccc(CN)c1. The molecule has 0 aromatic heterocycles. The fourth-order valence-electron chi connectivity index (χ4n) is 1.20. The maximum absolute atomic E-state index is 5.55. The summed E-state index contributed by atoms with van der Waals surface area (Å²) in [6.07, 6.45) is 3.98. The maximum atomic E-state index is 5.55. The first kappa shape index (κ1) is 9.75.